The van der Waals surface area contributed by atoms with Crippen LogP contribution in [0, 0.1) is 6.92 Å². The van der Waals surface area contributed by atoms with Gasteiger partial charge in [0.25, 0.3) is 5.91 Å². The van der Waals surface area contributed by atoms with E-state index in [1.54, 1.807) is 18.2 Å². The third-order valence-corrected chi connectivity index (χ3v) is 5.10. The number of para-hydroxylation sites is 1. The smallest absolute Gasteiger partial charge is 0.255 e. The van der Waals surface area contributed by atoms with E-state index in [1.165, 1.54) is 0 Å². The molecule has 0 bridgehead atoms. The van der Waals surface area contributed by atoms with Gasteiger partial charge >= 0.3 is 0 Å². The Bertz CT molecular complexity index is 1310. The molecule has 3 N–H and O–H groups in total. The molecule has 0 fully saturated rings. The fourth-order valence-electron chi connectivity index (χ4n) is 3.52. The molecule has 4 aromatic rings. The zero-order chi connectivity index (χ0) is 25.3. The number of nitrogens with zero attached hydrogens (tertiary/aromatic N) is 2. The number of hydrogen-bond acceptors (Lipinski definition) is 7. The van der Waals surface area contributed by atoms with Crippen molar-refractivity contribution in [2.24, 2.45) is 0 Å². The topological polar surface area (TPSA) is 97.4 Å². The highest BCUT2D eigenvalue weighted by molar-refractivity contribution is 6.04. The number of carbonyl (C=O) groups excluding carboxylic acids is 1. The van der Waals surface area contributed by atoms with Crippen LogP contribution in [0.4, 0.5) is 28.8 Å². The summed E-state index contributed by atoms with van der Waals surface area (Å²) in [4.78, 5) is 21.8. The molecule has 0 aliphatic carbocycles. The highest BCUT2D eigenvalue weighted by Gasteiger charge is 2.12. The van der Waals surface area contributed by atoms with E-state index in [-0.39, 0.29) is 5.91 Å². The van der Waals surface area contributed by atoms with Crippen molar-refractivity contribution in [3.8, 4) is 11.5 Å². The number of carbonyl (C=O) groups is 1. The van der Waals surface area contributed by atoms with Crippen LogP contribution in [0.15, 0.2) is 78.9 Å². The van der Waals surface area contributed by atoms with E-state index < -0.39 is 0 Å². The molecule has 0 atom stereocenters. The first-order valence-electron chi connectivity index (χ1n) is 11.8. The van der Waals surface area contributed by atoms with Crippen molar-refractivity contribution in [1.29, 1.82) is 0 Å². The highest BCUT2D eigenvalue weighted by atomic mass is 16.5. The highest BCUT2D eigenvalue weighted by Crippen LogP contribution is 2.29. The lowest BCUT2D eigenvalue weighted by molar-refractivity contribution is 0.102. The van der Waals surface area contributed by atoms with Crippen LogP contribution in [-0.4, -0.2) is 29.1 Å². The molecule has 8 nitrogen and oxygen atoms in total. The maximum absolute atomic E-state index is 12.8. The molecule has 184 valence electrons. The van der Waals surface area contributed by atoms with Gasteiger partial charge in [-0.3, -0.25) is 4.79 Å². The van der Waals surface area contributed by atoms with Crippen LogP contribution in [0.25, 0.3) is 0 Å². The molecule has 36 heavy (non-hydrogen) atoms. The maximum atomic E-state index is 12.8. The number of aryl methyl sites for hydroxylation is 1. The van der Waals surface area contributed by atoms with E-state index in [1.807, 2.05) is 81.4 Å². The van der Waals surface area contributed by atoms with Gasteiger partial charge in [-0.2, -0.15) is 4.98 Å². The fraction of sp³-hybridized carbons (Fsp3) is 0.179. The zero-order valence-electron chi connectivity index (χ0n) is 20.5. The Hall–Kier alpha value is -4.59. The Labute approximate surface area is 210 Å². The van der Waals surface area contributed by atoms with Crippen molar-refractivity contribution in [2.45, 2.75) is 20.8 Å². The predicted molar refractivity (Wildman–Crippen MR) is 143 cm³/mol. The molecule has 0 unspecified atom stereocenters. The summed E-state index contributed by atoms with van der Waals surface area (Å²) in [5, 5.41) is 9.41. The van der Waals surface area contributed by atoms with Crippen LogP contribution in [0.3, 0.4) is 0 Å². The molecule has 1 amide bonds. The molecule has 8 heteroatoms. The van der Waals surface area contributed by atoms with Crippen molar-refractivity contribution in [3.63, 3.8) is 0 Å². The molecular formula is C28H29N5O3. The summed E-state index contributed by atoms with van der Waals surface area (Å²) in [6.07, 6.45) is 0. The maximum Gasteiger partial charge on any atom is 0.255 e. The Morgan fingerprint density at radius 3 is 2.14 bits per heavy atom. The van der Waals surface area contributed by atoms with Gasteiger partial charge in [-0.25, -0.2) is 4.98 Å². The number of benzene rings is 3. The van der Waals surface area contributed by atoms with Crippen molar-refractivity contribution < 1.29 is 14.3 Å². The molecule has 0 spiro atoms. The molecule has 0 saturated carbocycles. The minimum absolute atomic E-state index is 0.238. The normalized spacial score (nSPS) is 10.4. The number of ether oxygens (including phenoxy) is 2. The summed E-state index contributed by atoms with van der Waals surface area (Å²) >= 11 is 0. The van der Waals surface area contributed by atoms with E-state index in [2.05, 4.69) is 25.9 Å². The summed E-state index contributed by atoms with van der Waals surface area (Å²) in [5.41, 5.74) is 3.72. The SMILES string of the molecule is CCOc1ccc(C(=O)Nc2ccc(Nc3nc(C)cc(Nc4ccccc4)n3)cc2)cc1OCC. The van der Waals surface area contributed by atoms with E-state index >= 15 is 0 Å². The number of hydrogen-bond donors (Lipinski definition) is 3. The number of aromatic nitrogens is 2. The molecule has 0 radical (unpaired) electrons. The van der Waals surface area contributed by atoms with E-state index in [9.17, 15) is 4.79 Å². The Balaban J connectivity index is 1.42. The summed E-state index contributed by atoms with van der Waals surface area (Å²) in [5.74, 6) is 2.10. The second-order valence-corrected chi connectivity index (χ2v) is 7.89. The van der Waals surface area contributed by atoms with Gasteiger partial charge < -0.3 is 25.4 Å². The van der Waals surface area contributed by atoms with Crippen LogP contribution < -0.4 is 25.4 Å². The Kier molecular flexibility index (Phi) is 7.97. The van der Waals surface area contributed by atoms with Gasteiger partial charge in [-0.1, -0.05) is 18.2 Å². The molecular weight excluding hydrogens is 454 g/mol. The van der Waals surface area contributed by atoms with E-state index in [0.717, 1.165) is 17.1 Å². The molecule has 0 saturated heterocycles. The van der Waals surface area contributed by atoms with Crippen LogP contribution in [0.1, 0.15) is 29.9 Å². The van der Waals surface area contributed by atoms with Crippen molar-refractivity contribution in [3.05, 3.63) is 90.1 Å². The van der Waals surface area contributed by atoms with Gasteiger partial charge in [-0.15, -0.1) is 0 Å². The molecule has 1 heterocycles. The molecule has 3 aromatic carbocycles. The van der Waals surface area contributed by atoms with Gasteiger partial charge in [0.15, 0.2) is 11.5 Å². The lowest BCUT2D eigenvalue weighted by atomic mass is 10.1. The van der Waals surface area contributed by atoms with Crippen LogP contribution in [-0.2, 0) is 0 Å². The number of anilines is 5. The quantitative estimate of drug-likeness (QED) is 0.243. The minimum atomic E-state index is -0.238. The summed E-state index contributed by atoms with van der Waals surface area (Å²) in [6.45, 7) is 6.71. The average molecular weight is 484 g/mol. The molecule has 0 aliphatic rings. The van der Waals surface area contributed by atoms with Crippen molar-refractivity contribution in [2.75, 3.05) is 29.2 Å². The second-order valence-electron chi connectivity index (χ2n) is 7.89. The standard InChI is InChI=1S/C28H29N5O3/c1-4-35-24-16-11-20(18-25(24)36-5-2)27(34)31-22-12-14-23(15-13-22)32-28-29-19(3)17-26(33-28)30-21-9-7-6-8-10-21/h6-18H,4-5H2,1-3H3,(H,31,34)(H2,29,30,32,33). The first-order valence-corrected chi connectivity index (χ1v) is 11.8. The van der Waals surface area contributed by atoms with Crippen molar-refractivity contribution >= 4 is 34.7 Å². The molecule has 4 rings (SSSR count). The summed E-state index contributed by atoms with van der Waals surface area (Å²) < 4.78 is 11.2. The van der Waals surface area contributed by atoms with Gasteiger partial charge in [0, 0.05) is 34.4 Å². The third-order valence-electron chi connectivity index (χ3n) is 5.10. The predicted octanol–water partition coefficient (Wildman–Crippen LogP) is 6.32. The van der Waals surface area contributed by atoms with Crippen LogP contribution >= 0.6 is 0 Å². The minimum Gasteiger partial charge on any atom is -0.490 e. The number of nitrogens with one attached hydrogen (secondary N) is 3. The lowest BCUT2D eigenvalue weighted by Gasteiger charge is -2.13. The van der Waals surface area contributed by atoms with Crippen LogP contribution in [0.5, 0.6) is 11.5 Å². The fourth-order valence-corrected chi connectivity index (χ4v) is 3.52. The Morgan fingerprint density at radius 2 is 1.42 bits per heavy atom. The first kappa shape index (κ1) is 24.5. The number of amides is 1. The summed E-state index contributed by atoms with van der Waals surface area (Å²) in [7, 11) is 0. The van der Waals surface area contributed by atoms with E-state index in [0.29, 0.717) is 47.7 Å². The van der Waals surface area contributed by atoms with Gasteiger partial charge in [0.1, 0.15) is 5.82 Å². The first-order chi connectivity index (χ1) is 17.5. The second kappa shape index (κ2) is 11.7. The average Bonchev–Trinajstić information content (AvgIpc) is 2.87. The molecule has 0 aliphatic heterocycles. The summed E-state index contributed by atoms with van der Waals surface area (Å²) in [6, 6.07) is 24.2. The Morgan fingerprint density at radius 1 is 0.750 bits per heavy atom. The van der Waals surface area contributed by atoms with Gasteiger partial charge in [0.05, 0.1) is 13.2 Å². The largest absolute Gasteiger partial charge is 0.490 e. The molecule has 1 aromatic heterocycles. The number of rotatable bonds is 10. The lowest BCUT2D eigenvalue weighted by Crippen LogP contribution is -2.12. The third kappa shape index (κ3) is 6.50. The van der Waals surface area contributed by atoms with E-state index in [4.69, 9.17) is 9.47 Å². The van der Waals surface area contributed by atoms with Gasteiger partial charge in [0.2, 0.25) is 5.95 Å². The van der Waals surface area contributed by atoms with Crippen molar-refractivity contribution in [1.82, 2.24) is 9.97 Å². The van der Waals surface area contributed by atoms with Crippen LogP contribution in [0.2, 0.25) is 0 Å². The zero-order valence-corrected chi connectivity index (χ0v) is 20.5. The van der Waals surface area contributed by atoms with Gasteiger partial charge in [-0.05, 0) is 75.4 Å². The monoisotopic (exact) mass is 483 g/mol.